The molecule has 0 atom stereocenters. The van der Waals surface area contributed by atoms with Crippen LogP contribution in [0.5, 0.6) is 0 Å². The highest BCUT2D eigenvalue weighted by Gasteiger charge is 1.99. The molecular weight excluding hydrogens is 228 g/mol. The molecule has 86 valence electrons. The van der Waals surface area contributed by atoms with Gasteiger partial charge in [0, 0.05) is 13.0 Å². The molecule has 0 heterocycles. The van der Waals surface area contributed by atoms with E-state index in [0.29, 0.717) is 18.0 Å². The van der Waals surface area contributed by atoms with E-state index >= 15 is 0 Å². The molecule has 0 spiro atoms. The number of nitrogens with zero attached hydrogens (tertiary/aromatic N) is 1. The van der Waals surface area contributed by atoms with Crippen LogP contribution in [-0.2, 0) is 11.3 Å². The van der Waals surface area contributed by atoms with Crippen LogP contribution in [0.3, 0.4) is 0 Å². The summed E-state index contributed by atoms with van der Waals surface area (Å²) in [5.74, 6) is 0. The molecule has 1 aromatic carbocycles. The maximum atomic E-state index is 9.86. The number of benzene rings is 1. The van der Waals surface area contributed by atoms with Crippen LogP contribution in [0.15, 0.2) is 30.3 Å². The first-order valence-electron chi connectivity index (χ1n) is 4.76. The summed E-state index contributed by atoms with van der Waals surface area (Å²) in [6, 6.07) is 9.76. The first-order valence-corrected chi connectivity index (χ1v) is 5.17. The molecule has 1 N–H and O–H groups in total. The van der Waals surface area contributed by atoms with Crippen LogP contribution in [0, 0.1) is 10.1 Å². The Hall–Kier alpha value is -1.69. The van der Waals surface area contributed by atoms with Gasteiger partial charge in [-0.1, -0.05) is 42.5 Å². The van der Waals surface area contributed by atoms with Gasteiger partial charge in [0.15, 0.2) is 0 Å². The summed E-state index contributed by atoms with van der Waals surface area (Å²) >= 11 is 5.08. The molecule has 0 aliphatic rings. The summed E-state index contributed by atoms with van der Waals surface area (Å²) < 4.78 is 0. The summed E-state index contributed by atoms with van der Waals surface area (Å²) in [6.07, 6.45) is 0.634. The van der Waals surface area contributed by atoms with Gasteiger partial charge in [-0.05, 0) is 5.56 Å². The lowest BCUT2D eigenvalue weighted by Gasteiger charge is -2.06. The molecule has 0 saturated heterocycles. The molecule has 0 saturated carbocycles. The molecule has 5 nitrogen and oxygen atoms in total. The van der Waals surface area contributed by atoms with E-state index in [1.807, 2.05) is 30.3 Å². The Bertz CT molecular complexity index is 356. The third-order valence-electron chi connectivity index (χ3n) is 1.83. The molecule has 1 aromatic rings. The van der Waals surface area contributed by atoms with Gasteiger partial charge in [-0.2, -0.15) is 0 Å². The molecule has 0 aliphatic carbocycles. The number of hydrogen-bond acceptors (Lipinski definition) is 4. The van der Waals surface area contributed by atoms with Crippen LogP contribution < -0.4 is 5.32 Å². The highest BCUT2D eigenvalue weighted by Crippen LogP contribution is 1.99. The summed E-state index contributed by atoms with van der Waals surface area (Å²) in [7, 11) is 0. The summed E-state index contributed by atoms with van der Waals surface area (Å²) in [4.78, 5) is 14.7. The summed E-state index contributed by atoms with van der Waals surface area (Å²) in [6.45, 7) is 0.342. The maximum absolute atomic E-state index is 9.86. The molecular formula is C10H12N2O3S. The minimum atomic E-state index is -0.818. The van der Waals surface area contributed by atoms with Crippen LogP contribution in [0.1, 0.15) is 5.56 Å². The zero-order chi connectivity index (χ0) is 11.8. The molecule has 16 heavy (non-hydrogen) atoms. The van der Waals surface area contributed by atoms with Gasteiger partial charge < -0.3 is 10.2 Å². The van der Waals surface area contributed by atoms with Crippen LogP contribution in [-0.4, -0.2) is 23.2 Å². The van der Waals surface area contributed by atoms with Crippen LogP contribution in [0.2, 0.25) is 0 Å². The zero-order valence-corrected chi connectivity index (χ0v) is 9.40. The molecule has 0 amide bonds. The van der Waals surface area contributed by atoms with E-state index in [1.54, 1.807) is 0 Å². The van der Waals surface area contributed by atoms with E-state index in [4.69, 9.17) is 12.2 Å². The lowest BCUT2D eigenvalue weighted by atomic mass is 10.1. The largest absolute Gasteiger partial charge is 0.377 e. The van der Waals surface area contributed by atoms with Gasteiger partial charge in [-0.25, -0.2) is 0 Å². The van der Waals surface area contributed by atoms with Gasteiger partial charge in [0.2, 0.25) is 0 Å². The zero-order valence-electron chi connectivity index (χ0n) is 8.59. The summed E-state index contributed by atoms with van der Waals surface area (Å²) in [5.41, 5.74) is 1.11. The second kappa shape index (κ2) is 6.73. The predicted octanol–water partition coefficient (Wildman–Crippen LogP) is 1.35. The van der Waals surface area contributed by atoms with E-state index < -0.39 is 5.09 Å². The lowest BCUT2D eigenvalue weighted by Crippen LogP contribution is -2.27. The standard InChI is InChI=1S/C10H12N2O3S/c13-12(14)15-7-6-11-10(16)8-9-4-2-1-3-5-9/h1-5H,6-8H2,(H,11,16). The second-order valence-electron chi connectivity index (χ2n) is 3.07. The highest BCUT2D eigenvalue weighted by molar-refractivity contribution is 7.80. The normalized spacial score (nSPS) is 9.50. The van der Waals surface area contributed by atoms with Crippen molar-refractivity contribution >= 4 is 17.2 Å². The average Bonchev–Trinajstić information content (AvgIpc) is 2.25. The van der Waals surface area contributed by atoms with E-state index in [0.717, 1.165) is 5.56 Å². The van der Waals surface area contributed by atoms with Crippen LogP contribution in [0.25, 0.3) is 0 Å². The van der Waals surface area contributed by atoms with E-state index in [1.165, 1.54) is 0 Å². The Balaban J connectivity index is 2.19. The van der Waals surface area contributed by atoms with Crippen LogP contribution >= 0.6 is 12.2 Å². The fraction of sp³-hybridized carbons (Fsp3) is 0.300. The van der Waals surface area contributed by atoms with Crippen molar-refractivity contribution in [3.8, 4) is 0 Å². The van der Waals surface area contributed by atoms with Gasteiger partial charge in [0.1, 0.15) is 6.61 Å². The molecule has 0 radical (unpaired) electrons. The quantitative estimate of drug-likeness (QED) is 0.352. The average molecular weight is 240 g/mol. The Morgan fingerprint density at radius 1 is 1.44 bits per heavy atom. The molecule has 1 rings (SSSR count). The molecule has 0 aromatic heterocycles. The predicted molar refractivity (Wildman–Crippen MR) is 63.7 cm³/mol. The molecule has 0 unspecified atom stereocenters. The topological polar surface area (TPSA) is 64.4 Å². The van der Waals surface area contributed by atoms with Crippen molar-refractivity contribution in [2.75, 3.05) is 13.2 Å². The third kappa shape index (κ3) is 5.26. The van der Waals surface area contributed by atoms with Crippen molar-refractivity contribution in [1.29, 1.82) is 0 Å². The van der Waals surface area contributed by atoms with E-state index in [-0.39, 0.29) is 6.61 Å². The van der Waals surface area contributed by atoms with E-state index in [9.17, 15) is 10.1 Å². The van der Waals surface area contributed by atoms with Gasteiger partial charge in [-0.15, -0.1) is 10.1 Å². The maximum Gasteiger partial charge on any atom is 0.294 e. The highest BCUT2D eigenvalue weighted by atomic mass is 32.1. The Morgan fingerprint density at radius 3 is 2.75 bits per heavy atom. The van der Waals surface area contributed by atoms with Crippen molar-refractivity contribution in [2.24, 2.45) is 0 Å². The number of rotatable bonds is 6. The van der Waals surface area contributed by atoms with Crippen molar-refractivity contribution in [2.45, 2.75) is 6.42 Å². The lowest BCUT2D eigenvalue weighted by molar-refractivity contribution is -0.757. The fourth-order valence-corrected chi connectivity index (χ4v) is 1.42. The van der Waals surface area contributed by atoms with Crippen LogP contribution in [0.4, 0.5) is 0 Å². The SMILES string of the molecule is O=[N+]([O-])OCCNC(=S)Cc1ccccc1. The van der Waals surface area contributed by atoms with Crippen molar-refractivity contribution in [1.82, 2.24) is 5.32 Å². The molecule has 0 fully saturated rings. The van der Waals surface area contributed by atoms with Gasteiger partial charge in [0.25, 0.3) is 5.09 Å². The monoisotopic (exact) mass is 240 g/mol. The van der Waals surface area contributed by atoms with Crippen molar-refractivity contribution in [3.63, 3.8) is 0 Å². The Morgan fingerprint density at radius 2 is 2.12 bits per heavy atom. The van der Waals surface area contributed by atoms with Crippen molar-refractivity contribution in [3.05, 3.63) is 46.0 Å². The molecule has 6 heteroatoms. The van der Waals surface area contributed by atoms with Gasteiger partial charge in [0.05, 0.1) is 4.99 Å². The Kier molecular flexibility index (Phi) is 5.21. The smallest absolute Gasteiger partial charge is 0.294 e. The first-order chi connectivity index (χ1) is 7.68. The van der Waals surface area contributed by atoms with Gasteiger partial charge in [-0.3, -0.25) is 0 Å². The fourth-order valence-electron chi connectivity index (χ4n) is 1.15. The summed E-state index contributed by atoms with van der Waals surface area (Å²) in [5, 5.41) is 11.9. The Labute approximate surface area is 98.5 Å². The molecule has 0 aliphatic heterocycles. The number of thiocarbonyl (C=S) groups is 1. The third-order valence-corrected chi connectivity index (χ3v) is 2.12. The number of hydrogen-bond donors (Lipinski definition) is 1. The minimum absolute atomic E-state index is 0.00191. The molecule has 0 bridgehead atoms. The first kappa shape index (κ1) is 12.4. The van der Waals surface area contributed by atoms with E-state index in [2.05, 4.69) is 10.2 Å². The number of nitrogens with one attached hydrogen (secondary N) is 1. The second-order valence-corrected chi connectivity index (χ2v) is 3.56. The van der Waals surface area contributed by atoms with Gasteiger partial charge >= 0.3 is 0 Å². The minimum Gasteiger partial charge on any atom is -0.377 e. The van der Waals surface area contributed by atoms with Crippen molar-refractivity contribution < 1.29 is 9.92 Å².